The third-order valence-corrected chi connectivity index (χ3v) is 4.06. The van der Waals surface area contributed by atoms with Crippen LogP contribution in [0.2, 0.25) is 0 Å². The summed E-state index contributed by atoms with van der Waals surface area (Å²) in [5.41, 5.74) is 0. The summed E-state index contributed by atoms with van der Waals surface area (Å²) < 4.78 is 5.74. The van der Waals surface area contributed by atoms with Crippen molar-refractivity contribution in [1.29, 1.82) is 0 Å². The van der Waals surface area contributed by atoms with Gasteiger partial charge in [0.15, 0.2) is 0 Å². The van der Waals surface area contributed by atoms with Crippen LogP contribution in [0.15, 0.2) is 0 Å². The fraction of sp³-hybridized carbons (Fsp3) is 0.917. The van der Waals surface area contributed by atoms with Gasteiger partial charge >= 0.3 is 0 Å². The summed E-state index contributed by atoms with van der Waals surface area (Å²) in [5.74, 6) is 0.181. The summed E-state index contributed by atoms with van der Waals surface area (Å²) in [6.07, 6.45) is 7.36. The lowest BCUT2D eigenvalue weighted by atomic mass is 9.95. The molecule has 0 spiro atoms. The van der Waals surface area contributed by atoms with E-state index in [9.17, 15) is 4.79 Å². The maximum Gasteiger partial charge on any atom is 0.237 e. The summed E-state index contributed by atoms with van der Waals surface area (Å²) in [6, 6.07) is 0.308. The molecule has 3 rings (SSSR count). The number of carbonyl (C=O) groups is 1. The van der Waals surface area contributed by atoms with Crippen LogP contribution in [-0.2, 0) is 9.53 Å². The van der Waals surface area contributed by atoms with Crippen molar-refractivity contribution in [2.24, 2.45) is 0 Å². The SMILES string of the molecule is Cl.O=C(NC1CC2CCC1O2)[C@H]1CCCCN1. The molecule has 17 heavy (non-hydrogen) atoms. The van der Waals surface area contributed by atoms with E-state index in [1.54, 1.807) is 0 Å². The topological polar surface area (TPSA) is 50.4 Å². The third kappa shape index (κ3) is 2.75. The predicted molar refractivity (Wildman–Crippen MR) is 67.3 cm³/mol. The summed E-state index contributed by atoms with van der Waals surface area (Å²) in [5, 5.41) is 6.44. The molecule has 3 aliphatic rings. The van der Waals surface area contributed by atoms with Crippen LogP contribution in [0.5, 0.6) is 0 Å². The summed E-state index contributed by atoms with van der Waals surface area (Å²) >= 11 is 0. The van der Waals surface area contributed by atoms with Crippen molar-refractivity contribution in [3.8, 4) is 0 Å². The highest BCUT2D eigenvalue weighted by atomic mass is 35.5. The van der Waals surface area contributed by atoms with E-state index in [4.69, 9.17) is 4.74 Å². The van der Waals surface area contributed by atoms with Gasteiger partial charge in [-0.1, -0.05) is 6.42 Å². The van der Waals surface area contributed by atoms with Crippen LogP contribution in [0, 0.1) is 0 Å². The Morgan fingerprint density at radius 2 is 2.12 bits per heavy atom. The molecule has 2 bridgehead atoms. The highest BCUT2D eigenvalue weighted by Crippen LogP contribution is 2.34. The van der Waals surface area contributed by atoms with Crippen LogP contribution < -0.4 is 10.6 Å². The second-order valence-electron chi connectivity index (χ2n) is 5.23. The van der Waals surface area contributed by atoms with Crippen molar-refractivity contribution in [1.82, 2.24) is 10.6 Å². The van der Waals surface area contributed by atoms with Gasteiger partial charge in [-0.3, -0.25) is 4.79 Å². The molecule has 2 N–H and O–H groups in total. The number of rotatable bonds is 2. The number of nitrogens with one attached hydrogen (secondary N) is 2. The largest absolute Gasteiger partial charge is 0.373 e. The first-order valence-electron chi connectivity index (χ1n) is 6.52. The summed E-state index contributed by atoms with van der Waals surface area (Å²) in [7, 11) is 0. The highest BCUT2D eigenvalue weighted by Gasteiger charge is 2.41. The molecular formula is C12H21ClN2O2. The molecule has 3 saturated heterocycles. The van der Waals surface area contributed by atoms with E-state index in [2.05, 4.69) is 10.6 Å². The zero-order chi connectivity index (χ0) is 11.0. The zero-order valence-corrected chi connectivity index (χ0v) is 10.8. The molecule has 3 fully saturated rings. The molecule has 0 aromatic carbocycles. The smallest absolute Gasteiger partial charge is 0.237 e. The van der Waals surface area contributed by atoms with E-state index in [-0.39, 0.29) is 36.5 Å². The summed E-state index contributed by atoms with van der Waals surface area (Å²) in [4.78, 5) is 12.0. The van der Waals surface area contributed by atoms with E-state index in [0.29, 0.717) is 6.10 Å². The molecule has 98 valence electrons. The van der Waals surface area contributed by atoms with Crippen molar-refractivity contribution >= 4 is 18.3 Å². The Labute approximate surface area is 108 Å². The Bertz CT molecular complexity index is 282. The van der Waals surface area contributed by atoms with Gasteiger partial charge in [-0.25, -0.2) is 0 Å². The fourth-order valence-electron chi connectivity index (χ4n) is 3.15. The van der Waals surface area contributed by atoms with Gasteiger partial charge in [0.05, 0.1) is 24.3 Å². The van der Waals surface area contributed by atoms with Crippen LogP contribution in [0.4, 0.5) is 0 Å². The zero-order valence-electron chi connectivity index (χ0n) is 9.98. The lowest BCUT2D eigenvalue weighted by Crippen LogP contribution is -2.51. The van der Waals surface area contributed by atoms with Crippen LogP contribution in [0.3, 0.4) is 0 Å². The normalized spacial score (nSPS) is 39.8. The summed E-state index contributed by atoms with van der Waals surface area (Å²) in [6.45, 7) is 0.977. The lowest BCUT2D eigenvalue weighted by molar-refractivity contribution is -0.124. The maximum atomic E-state index is 12.0. The lowest BCUT2D eigenvalue weighted by Gasteiger charge is -2.26. The van der Waals surface area contributed by atoms with E-state index in [0.717, 1.165) is 32.2 Å². The maximum absolute atomic E-state index is 12.0. The molecule has 3 heterocycles. The van der Waals surface area contributed by atoms with Gasteiger partial charge in [-0.05, 0) is 38.6 Å². The number of ether oxygens (including phenoxy) is 1. The van der Waals surface area contributed by atoms with Crippen LogP contribution in [0.1, 0.15) is 38.5 Å². The van der Waals surface area contributed by atoms with Crippen LogP contribution in [0.25, 0.3) is 0 Å². The third-order valence-electron chi connectivity index (χ3n) is 4.06. The van der Waals surface area contributed by atoms with Gasteiger partial charge in [-0.2, -0.15) is 0 Å². The molecule has 4 atom stereocenters. The van der Waals surface area contributed by atoms with E-state index >= 15 is 0 Å². The van der Waals surface area contributed by atoms with Gasteiger partial charge in [0.2, 0.25) is 5.91 Å². The Balaban J connectivity index is 0.00000108. The molecule has 0 aliphatic carbocycles. The van der Waals surface area contributed by atoms with Crippen molar-refractivity contribution in [2.75, 3.05) is 6.54 Å². The van der Waals surface area contributed by atoms with E-state index < -0.39 is 0 Å². The van der Waals surface area contributed by atoms with Crippen molar-refractivity contribution in [2.45, 2.75) is 62.8 Å². The second kappa shape index (κ2) is 5.55. The van der Waals surface area contributed by atoms with Gasteiger partial charge in [-0.15, -0.1) is 12.4 Å². The van der Waals surface area contributed by atoms with Crippen molar-refractivity contribution in [3.05, 3.63) is 0 Å². The van der Waals surface area contributed by atoms with Gasteiger partial charge in [0.25, 0.3) is 0 Å². The Morgan fingerprint density at radius 1 is 1.24 bits per heavy atom. The van der Waals surface area contributed by atoms with E-state index in [1.807, 2.05) is 0 Å². The number of halogens is 1. The van der Waals surface area contributed by atoms with Gasteiger partial charge in [0.1, 0.15) is 0 Å². The minimum Gasteiger partial charge on any atom is -0.373 e. The molecule has 3 aliphatic heterocycles. The minimum atomic E-state index is 0. The minimum absolute atomic E-state index is 0. The number of hydrogen-bond acceptors (Lipinski definition) is 3. The molecule has 0 aromatic rings. The fourth-order valence-corrected chi connectivity index (χ4v) is 3.15. The Hall–Kier alpha value is -0.320. The molecule has 5 heteroatoms. The predicted octanol–water partition coefficient (Wildman–Crippen LogP) is 0.986. The highest BCUT2D eigenvalue weighted by molar-refractivity contribution is 5.85. The second-order valence-corrected chi connectivity index (χ2v) is 5.23. The first-order chi connectivity index (χ1) is 7.83. The molecule has 0 saturated carbocycles. The molecule has 4 nitrogen and oxygen atoms in total. The van der Waals surface area contributed by atoms with Crippen molar-refractivity contribution in [3.63, 3.8) is 0 Å². The van der Waals surface area contributed by atoms with Crippen LogP contribution >= 0.6 is 12.4 Å². The molecule has 0 aromatic heterocycles. The monoisotopic (exact) mass is 260 g/mol. The number of hydrogen-bond donors (Lipinski definition) is 2. The Morgan fingerprint density at radius 3 is 2.71 bits per heavy atom. The quantitative estimate of drug-likeness (QED) is 0.779. The molecular weight excluding hydrogens is 240 g/mol. The number of amides is 1. The average Bonchev–Trinajstić information content (AvgIpc) is 2.92. The Kier molecular flexibility index (Phi) is 4.28. The molecule has 1 amide bonds. The first kappa shape index (κ1) is 13.1. The molecule has 0 radical (unpaired) electrons. The van der Waals surface area contributed by atoms with Crippen molar-refractivity contribution < 1.29 is 9.53 Å². The standard InChI is InChI=1S/C12H20N2O2.ClH/c15-12(9-3-1-2-6-13-9)14-10-7-8-4-5-11(10)16-8;/h8-11,13H,1-7H2,(H,14,15);1H/t8?,9-,10?,11?;/m1./s1. The van der Waals surface area contributed by atoms with E-state index in [1.165, 1.54) is 12.8 Å². The molecule has 3 unspecified atom stereocenters. The van der Waals surface area contributed by atoms with Crippen LogP contribution in [-0.4, -0.2) is 36.7 Å². The van der Waals surface area contributed by atoms with Gasteiger partial charge < -0.3 is 15.4 Å². The number of fused-ring (bicyclic) bond motifs is 2. The average molecular weight is 261 g/mol. The first-order valence-corrected chi connectivity index (χ1v) is 6.52. The number of carbonyl (C=O) groups excluding carboxylic acids is 1. The van der Waals surface area contributed by atoms with Gasteiger partial charge in [0, 0.05) is 0 Å². The number of piperidine rings is 1.